The molecule has 0 fully saturated rings. The summed E-state index contributed by atoms with van der Waals surface area (Å²) in [6.07, 6.45) is 1.61. The summed E-state index contributed by atoms with van der Waals surface area (Å²) < 4.78 is 0. The van der Waals surface area contributed by atoms with E-state index in [1.54, 1.807) is 36.3 Å². The van der Waals surface area contributed by atoms with Crippen LogP contribution in [0.3, 0.4) is 0 Å². The predicted octanol–water partition coefficient (Wildman–Crippen LogP) is 3.01. The van der Waals surface area contributed by atoms with Crippen molar-refractivity contribution >= 4 is 17.5 Å². The Morgan fingerprint density at radius 2 is 1.94 bits per heavy atom. The highest BCUT2D eigenvalue weighted by molar-refractivity contribution is 6.30. The summed E-state index contributed by atoms with van der Waals surface area (Å²) in [5.74, 6) is -0.0921. The van der Waals surface area contributed by atoms with Gasteiger partial charge in [0, 0.05) is 24.8 Å². The highest BCUT2D eigenvalue weighted by Crippen LogP contribution is 2.11. The zero-order chi connectivity index (χ0) is 13.0. The van der Waals surface area contributed by atoms with E-state index in [-0.39, 0.29) is 5.91 Å². The van der Waals surface area contributed by atoms with Gasteiger partial charge in [-0.15, -0.1) is 0 Å². The summed E-state index contributed by atoms with van der Waals surface area (Å²) in [4.78, 5) is 17.7. The molecule has 0 radical (unpaired) electrons. The molecule has 1 heterocycles. The molecular weight excluding hydrogens is 248 g/mol. The van der Waals surface area contributed by atoms with Crippen molar-refractivity contribution in [2.45, 2.75) is 6.54 Å². The minimum absolute atomic E-state index is 0.0921. The second-order valence-electron chi connectivity index (χ2n) is 4.00. The molecule has 0 aliphatic rings. The van der Waals surface area contributed by atoms with E-state index < -0.39 is 0 Å². The van der Waals surface area contributed by atoms with Crippen LogP contribution in [-0.2, 0) is 6.54 Å². The number of hydrogen-bond donors (Lipinski definition) is 0. The molecule has 0 saturated carbocycles. The van der Waals surface area contributed by atoms with Crippen LogP contribution in [0, 0.1) is 0 Å². The van der Waals surface area contributed by atoms with Crippen LogP contribution in [0.15, 0.2) is 48.7 Å². The van der Waals surface area contributed by atoms with Gasteiger partial charge in [-0.05, 0) is 29.8 Å². The molecule has 1 aromatic heterocycles. The van der Waals surface area contributed by atoms with Gasteiger partial charge in [-0.2, -0.15) is 0 Å². The second-order valence-corrected chi connectivity index (χ2v) is 4.44. The molecule has 0 spiro atoms. The predicted molar refractivity (Wildman–Crippen MR) is 71.5 cm³/mol. The first-order chi connectivity index (χ1) is 8.66. The number of nitrogens with zero attached hydrogens (tertiary/aromatic N) is 2. The van der Waals surface area contributed by atoms with E-state index in [1.165, 1.54) is 0 Å². The fraction of sp³-hybridized carbons (Fsp3) is 0.143. The van der Waals surface area contributed by atoms with Crippen LogP contribution in [0.1, 0.15) is 16.1 Å². The average molecular weight is 261 g/mol. The molecule has 4 heteroatoms. The molecule has 2 aromatic rings. The lowest BCUT2D eigenvalue weighted by Gasteiger charge is -2.16. The minimum Gasteiger partial charge on any atom is -0.336 e. The maximum absolute atomic E-state index is 12.1. The second kappa shape index (κ2) is 5.65. The van der Waals surface area contributed by atoms with Gasteiger partial charge in [0.05, 0.1) is 0 Å². The zero-order valence-corrected chi connectivity index (χ0v) is 10.8. The lowest BCUT2D eigenvalue weighted by molar-refractivity contribution is 0.0779. The Hall–Kier alpha value is -1.87. The first-order valence-corrected chi connectivity index (χ1v) is 5.95. The molecular formula is C14H13ClN2O. The van der Waals surface area contributed by atoms with E-state index >= 15 is 0 Å². The van der Waals surface area contributed by atoms with Crippen LogP contribution in [0.5, 0.6) is 0 Å². The summed E-state index contributed by atoms with van der Waals surface area (Å²) in [6.45, 7) is 0.534. The van der Waals surface area contributed by atoms with Crippen molar-refractivity contribution in [3.63, 3.8) is 0 Å². The number of rotatable bonds is 3. The van der Waals surface area contributed by atoms with Gasteiger partial charge in [-0.3, -0.25) is 9.78 Å². The van der Waals surface area contributed by atoms with Crippen molar-refractivity contribution in [1.82, 2.24) is 9.88 Å². The molecule has 1 amide bonds. The molecule has 18 heavy (non-hydrogen) atoms. The monoisotopic (exact) mass is 260 g/mol. The topological polar surface area (TPSA) is 33.2 Å². The SMILES string of the molecule is CN(Cc1ccc(Cl)cc1)C(=O)c1ccccn1. The maximum atomic E-state index is 12.1. The van der Waals surface area contributed by atoms with Crippen LogP contribution in [0.25, 0.3) is 0 Å². The summed E-state index contributed by atoms with van der Waals surface area (Å²) in [6, 6.07) is 12.7. The van der Waals surface area contributed by atoms with Crippen molar-refractivity contribution in [2.24, 2.45) is 0 Å². The Labute approximate surface area is 111 Å². The zero-order valence-electron chi connectivity index (χ0n) is 10.0. The normalized spacial score (nSPS) is 10.1. The van der Waals surface area contributed by atoms with E-state index in [0.717, 1.165) is 5.56 Å². The standard InChI is InChI=1S/C14H13ClN2O/c1-17(10-11-5-7-12(15)8-6-11)14(18)13-4-2-3-9-16-13/h2-9H,10H2,1H3. The molecule has 0 N–H and O–H groups in total. The quantitative estimate of drug-likeness (QED) is 0.850. The molecule has 92 valence electrons. The van der Waals surface area contributed by atoms with Crippen molar-refractivity contribution in [3.05, 3.63) is 64.9 Å². The van der Waals surface area contributed by atoms with Crippen LogP contribution >= 0.6 is 11.6 Å². The first-order valence-electron chi connectivity index (χ1n) is 5.58. The molecule has 1 aromatic carbocycles. The van der Waals surface area contributed by atoms with E-state index in [2.05, 4.69) is 4.98 Å². The van der Waals surface area contributed by atoms with Gasteiger partial charge < -0.3 is 4.90 Å². The third-order valence-corrected chi connectivity index (χ3v) is 2.82. The van der Waals surface area contributed by atoms with Crippen molar-refractivity contribution in [1.29, 1.82) is 0 Å². The summed E-state index contributed by atoms with van der Waals surface area (Å²) >= 11 is 5.82. The van der Waals surface area contributed by atoms with Crippen LogP contribution in [-0.4, -0.2) is 22.8 Å². The third kappa shape index (κ3) is 3.08. The summed E-state index contributed by atoms with van der Waals surface area (Å²) in [5.41, 5.74) is 1.49. The fourth-order valence-electron chi connectivity index (χ4n) is 1.62. The fourth-order valence-corrected chi connectivity index (χ4v) is 1.75. The number of benzene rings is 1. The molecule has 0 atom stereocenters. The Kier molecular flexibility index (Phi) is 3.95. The molecule has 2 rings (SSSR count). The van der Waals surface area contributed by atoms with E-state index in [9.17, 15) is 4.79 Å². The minimum atomic E-state index is -0.0921. The largest absolute Gasteiger partial charge is 0.336 e. The Morgan fingerprint density at radius 1 is 1.22 bits per heavy atom. The van der Waals surface area contributed by atoms with E-state index in [4.69, 9.17) is 11.6 Å². The average Bonchev–Trinajstić information content (AvgIpc) is 2.41. The highest BCUT2D eigenvalue weighted by Gasteiger charge is 2.12. The number of carbonyl (C=O) groups is 1. The number of pyridine rings is 1. The number of halogens is 1. The molecule has 0 unspecified atom stereocenters. The lowest BCUT2D eigenvalue weighted by atomic mass is 10.2. The Balaban J connectivity index is 2.06. The van der Waals surface area contributed by atoms with Crippen LogP contribution in [0.4, 0.5) is 0 Å². The van der Waals surface area contributed by atoms with E-state index in [1.807, 2.05) is 24.3 Å². The summed E-state index contributed by atoms with van der Waals surface area (Å²) in [5, 5.41) is 0.692. The number of hydrogen-bond acceptors (Lipinski definition) is 2. The number of aromatic nitrogens is 1. The smallest absolute Gasteiger partial charge is 0.272 e. The first kappa shape index (κ1) is 12.6. The summed E-state index contributed by atoms with van der Waals surface area (Å²) in [7, 11) is 1.76. The van der Waals surface area contributed by atoms with Gasteiger partial charge in [0.2, 0.25) is 0 Å². The van der Waals surface area contributed by atoms with Gasteiger partial charge in [-0.25, -0.2) is 0 Å². The van der Waals surface area contributed by atoms with Gasteiger partial charge in [0.1, 0.15) is 5.69 Å². The molecule has 0 bridgehead atoms. The number of amides is 1. The highest BCUT2D eigenvalue weighted by atomic mass is 35.5. The van der Waals surface area contributed by atoms with Crippen molar-refractivity contribution in [3.8, 4) is 0 Å². The van der Waals surface area contributed by atoms with Crippen molar-refractivity contribution in [2.75, 3.05) is 7.05 Å². The molecule has 0 aliphatic carbocycles. The van der Waals surface area contributed by atoms with Gasteiger partial charge in [-0.1, -0.05) is 29.8 Å². The van der Waals surface area contributed by atoms with Crippen LogP contribution < -0.4 is 0 Å². The van der Waals surface area contributed by atoms with Crippen molar-refractivity contribution < 1.29 is 4.79 Å². The molecule has 0 aliphatic heterocycles. The maximum Gasteiger partial charge on any atom is 0.272 e. The third-order valence-electron chi connectivity index (χ3n) is 2.56. The lowest BCUT2D eigenvalue weighted by Crippen LogP contribution is -2.26. The molecule has 3 nitrogen and oxygen atoms in total. The van der Waals surface area contributed by atoms with Crippen LogP contribution in [0.2, 0.25) is 5.02 Å². The number of carbonyl (C=O) groups excluding carboxylic acids is 1. The van der Waals surface area contributed by atoms with Gasteiger partial charge >= 0.3 is 0 Å². The Bertz CT molecular complexity index is 525. The Morgan fingerprint density at radius 3 is 2.56 bits per heavy atom. The van der Waals surface area contributed by atoms with E-state index in [0.29, 0.717) is 17.3 Å². The van der Waals surface area contributed by atoms with Gasteiger partial charge in [0.25, 0.3) is 5.91 Å². The van der Waals surface area contributed by atoms with Gasteiger partial charge in [0.15, 0.2) is 0 Å². The molecule has 0 saturated heterocycles.